The maximum absolute atomic E-state index is 5.60. The summed E-state index contributed by atoms with van der Waals surface area (Å²) < 4.78 is 5.60. The van der Waals surface area contributed by atoms with E-state index in [9.17, 15) is 0 Å². The van der Waals surface area contributed by atoms with Gasteiger partial charge in [0.15, 0.2) is 5.82 Å². The summed E-state index contributed by atoms with van der Waals surface area (Å²) in [5, 5.41) is 3.25. The molecule has 0 aromatic carbocycles. The summed E-state index contributed by atoms with van der Waals surface area (Å²) >= 11 is 0. The Morgan fingerprint density at radius 1 is 1.53 bits per heavy atom. The fourth-order valence-electron chi connectivity index (χ4n) is 2.02. The highest BCUT2D eigenvalue weighted by Crippen LogP contribution is 2.30. The van der Waals surface area contributed by atoms with Gasteiger partial charge in [-0.25, -0.2) is 0 Å². The zero-order chi connectivity index (χ0) is 11.7. The fourth-order valence-corrected chi connectivity index (χ4v) is 2.02. The largest absolute Gasteiger partial charge is 0.475 e. The number of hydrogen-bond donors (Lipinski definition) is 1. The Morgan fingerprint density at radius 2 is 2.41 bits per heavy atom. The van der Waals surface area contributed by atoms with E-state index in [-0.39, 0.29) is 0 Å². The van der Waals surface area contributed by atoms with Crippen molar-refractivity contribution in [1.29, 1.82) is 0 Å². The number of hydrogen-bond acceptors (Lipinski definition) is 5. The molecule has 0 saturated heterocycles. The Balaban J connectivity index is 1.78. The molecule has 0 amide bonds. The molecule has 1 aliphatic heterocycles. The summed E-state index contributed by atoms with van der Waals surface area (Å²) in [5.74, 6) is 2.45. The van der Waals surface area contributed by atoms with Crippen LogP contribution in [-0.2, 0) is 6.54 Å². The van der Waals surface area contributed by atoms with E-state index in [2.05, 4.69) is 27.2 Å². The average Bonchev–Trinajstić information content (AvgIpc) is 3.14. The molecule has 2 aliphatic rings. The van der Waals surface area contributed by atoms with Gasteiger partial charge in [0.1, 0.15) is 12.3 Å². The van der Waals surface area contributed by atoms with Crippen molar-refractivity contribution in [2.45, 2.75) is 19.4 Å². The summed E-state index contributed by atoms with van der Waals surface area (Å²) in [6.07, 6.45) is 4.55. The minimum absolute atomic E-state index is 0.664. The molecule has 0 spiro atoms. The lowest BCUT2D eigenvalue weighted by atomic mass is 10.3. The van der Waals surface area contributed by atoms with E-state index < -0.39 is 0 Å². The van der Waals surface area contributed by atoms with Crippen molar-refractivity contribution in [1.82, 2.24) is 15.3 Å². The predicted molar refractivity (Wildman–Crippen MR) is 65.2 cm³/mol. The normalized spacial score (nSPS) is 19.1. The lowest BCUT2D eigenvalue weighted by Crippen LogP contribution is -2.21. The molecule has 2 heterocycles. The minimum Gasteiger partial charge on any atom is -0.475 e. The molecule has 0 atom stereocenters. The van der Waals surface area contributed by atoms with Crippen LogP contribution in [0.3, 0.4) is 0 Å². The second-order valence-corrected chi connectivity index (χ2v) is 4.83. The lowest BCUT2D eigenvalue weighted by Gasteiger charge is -2.18. The standard InChI is InChI=1S/C12H18N4O/c1-16(8-9-2-3-9)11-7-14-10-6-13-4-5-17-12(10)15-11/h7,9,13H,2-6,8H2,1H3. The molecular formula is C12H18N4O. The SMILES string of the molecule is CN(CC1CC1)c1cnc2c(n1)OCCNC2. The van der Waals surface area contributed by atoms with Crippen LogP contribution in [0.1, 0.15) is 18.5 Å². The third-order valence-electron chi connectivity index (χ3n) is 3.23. The number of rotatable bonds is 3. The predicted octanol–water partition coefficient (Wildman–Crippen LogP) is 0.805. The Hall–Kier alpha value is -1.36. The molecule has 1 N–H and O–H groups in total. The van der Waals surface area contributed by atoms with Gasteiger partial charge in [0.05, 0.1) is 6.20 Å². The van der Waals surface area contributed by atoms with Crippen molar-refractivity contribution in [3.05, 3.63) is 11.9 Å². The topological polar surface area (TPSA) is 50.3 Å². The van der Waals surface area contributed by atoms with Crippen molar-refractivity contribution < 1.29 is 4.74 Å². The molecule has 17 heavy (non-hydrogen) atoms. The highest BCUT2D eigenvalue weighted by Gasteiger charge is 2.24. The third kappa shape index (κ3) is 2.49. The molecule has 3 rings (SSSR count). The van der Waals surface area contributed by atoms with Crippen molar-refractivity contribution >= 4 is 5.82 Å². The highest BCUT2D eigenvalue weighted by atomic mass is 16.5. The van der Waals surface area contributed by atoms with Gasteiger partial charge in [-0.2, -0.15) is 4.98 Å². The molecule has 5 heteroatoms. The van der Waals surface area contributed by atoms with Crippen LogP contribution in [0.5, 0.6) is 5.88 Å². The van der Waals surface area contributed by atoms with Gasteiger partial charge in [-0.05, 0) is 18.8 Å². The number of anilines is 1. The number of nitrogens with zero attached hydrogens (tertiary/aromatic N) is 3. The van der Waals surface area contributed by atoms with Gasteiger partial charge >= 0.3 is 0 Å². The van der Waals surface area contributed by atoms with Crippen molar-refractivity contribution in [2.75, 3.05) is 31.6 Å². The molecule has 1 saturated carbocycles. The van der Waals surface area contributed by atoms with E-state index >= 15 is 0 Å². The monoisotopic (exact) mass is 234 g/mol. The van der Waals surface area contributed by atoms with Gasteiger partial charge in [-0.1, -0.05) is 0 Å². The van der Waals surface area contributed by atoms with E-state index in [1.807, 2.05) is 6.20 Å². The molecule has 1 aromatic heterocycles. The Bertz CT molecular complexity index is 405. The summed E-state index contributed by atoms with van der Waals surface area (Å²) in [7, 11) is 2.07. The fraction of sp³-hybridized carbons (Fsp3) is 0.667. The van der Waals surface area contributed by atoms with Crippen molar-refractivity contribution in [3.63, 3.8) is 0 Å². The van der Waals surface area contributed by atoms with Crippen LogP contribution in [0.4, 0.5) is 5.82 Å². The van der Waals surface area contributed by atoms with Crippen LogP contribution in [0, 0.1) is 5.92 Å². The Labute approximate surface area is 101 Å². The van der Waals surface area contributed by atoms with E-state index in [1.165, 1.54) is 12.8 Å². The molecule has 0 bridgehead atoms. The molecule has 1 fully saturated rings. The maximum atomic E-state index is 5.60. The van der Waals surface area contributed by atoms with Crippen LogP contribution in [-0.4, -0.2) is 36.7 Å². The Kier molecular flexibility index (Phi) is 2.84. The summed E-state index contributed by atoms with van der Waals surface area (Å²) in [6.45, 7) is 3.34. The van der Waals surface area contributed by atoms with Crippen LogP contribution >= 0.6 is 0 Å². The first-order chi connectivity index (χ1) is 8.33. The second kappa shape index (κ2) is 4.49. The van der Waals surface area contributed by atoms with E-state index in [0.29, 0.717) is 12.5 Å². The van der Waals surface area contributed by atoms with Crippen LogP contribution in [0.15, 0.2) is 6.20 Å². The molecule has 0 radical (unpaired) electrons. The maximum Gasteiger partial charge on any atom is 0.239 e. The van der Waals surface area contributed by atoms with Crippen LogP contribution < -0.4 is 15.0 Å². The molecular weight excluding hydrogens is 216 g/mol. The van der Waals surface area contributed by atoms with E-state index in [0.717, 1.165) is 37.1 Å². The van der Waals surface area contributed by atoms with Gasteiger partial charge < -0.3 is 15.0 Å². The first-order valence-corrected chi connectivity index (χ1v) is 6.23. The molecule has 92 valence electrons. The van der Waals surface area contributed by atoms with Crippen molar-refractivity contribution in [3.8, 4) is 5.88 Å². The molecule has 5 nitrogen and oxygen atoms in total. The summed E-state index contributed by atoms with van der Waals surface area (Å²) in [4.78, 5) is 11.2. The Morgan fingerprint density at radius 3 is 3.24 bits per heavy atom. The van der Waals surface area contributed by atoms with Gasteiger partial charge in [-0.15, -0.1) is 0 Å². The zero-order valence-electron chi connectivity index (χ0n) is 10.1. The van der Waals surface area contributed by atoms with Crippen LogP contribution in [0.2, 0.25) is 0 Å². The minimum atomic E-state index is 0.664. The lowest BCUT2D eigenvalue weighted by molar-refractivity contribution is 0.313. The molecule has 1 aliphatic carbocycles. The quantitative estimate of drug-likeness (QED) is 0.838. The summed E-state index contributed by atoms with van der Waals surface area (Å²) in [5.41, 5.74) is 0.908. The van der Waals surface area contributed by atoms with Crippen molar-refractivity contribution in [2.24, 2.45) is 5.92 Å². The first kappa shape index (κ1) is 10.8. The molecule has 1 aromatic rings. The first-order valence-electron chi connectivity index (χ1n) is 6.23. The van der Waals surface area contributed by atoms with E-state index in [4.69, 9.17) is 4.74 Å². The third-order valence-corrected chi connectivity index (χ3v) is 3.23. The number of fused-ring (bicyclic) bond motifs is 1. The zero-order valence-corrected chi connectivity index (χ0v) is 10.1. The highest BCUT2D eigenvalue weighted by molar-refractivity contribution is 5.39. The van der Waals surface area contributed by atoms with Gasteiger partial charge in [0.25, 0.3) is 0 Å². The number of aromatic nitrogens is 2. The summed E-state index contributed by atoms with van der Waals surface area (Å²) in [6, 6.07) is 0. The van der Waals surface area contributed by atoms with Gasteiger partial charge in [0.2, 0.25) is 5.88 Å². The number of nitrogens with one attached hydrogen (secondary N) is 1. The average molecular weight is 234 g/mol. The van der Waals surface area contributed by atoms with Gasteiger partial charge in [-0.3, -0.25) is 4.98 Å². The van der Waals surface area contributed by atoms with E-state index in [1.54, 1.807) is 0 Å². The van der Waals surface area contributed by atoms with Crippen LogP contribution in [0.25, 0.3) is 0 Å². The number of ether oxygens (including phenoxy) is 1. The van der Waals surface area contributed by atoms with Gasteiger partial charge in [0, 0.05) is 26.7 Å². The smallest absolute Gasteiger partial charge is 0.239 e. The second-order valence-electron chi connectivity index (χ2n) is 4.83. The molecule has 0 unspecified atom stereocenters.